The van der Waals surface area contributed by atoms with E-state index in [0.29, 0.717) is 0 Å². The monoisotopic (exact) mass is 296 g/mol. The first kappa shape index (κ1) is 15.0. The van der Waals surface area contributed by atoms with Crippen molar-refractivity contribution in [3.05, 3.63) is 41.5 Å². The molecule has 0 aliphatic carbocycles. The molecule has 0 bridgehead atoms. The van der Waals surface area contributed by atoms with Crippen molar-refractivity contribution in [1.29, 1.82) is 0 Å². The Balaban J connectivity index is 1.63. The van der Waals surface area contributed by atoms with E-state index in [0.717, 1.165) is 42.6 Å². The molecular weight excluding hydrogens is 272 g/mol. The van der Waals surface area contributed by atoms with E-state index in [1.807, 2.05) is 12.1 Å². The lowest BCUT2D eigenvalue weighted by Crippen LogP contribution is -2.31. The highest BCUT2D eigenvalue weighted by atomic mass is 15.2. The third-order valence-corrected chi connectivity index (χ3v) is 4.50. The number of hydrogen-bond acceptors (Lipinski definition) is 4. The third kappa shape index (κ3) is 3.63. The molecule has 2 N–H and O–H groups in total. The largest absolute Gasteiger partial charge is 0.368 e. The molecule has 3 rings (SSSR count). The highest BCUT2D eigenvalue weighted by Gasteiger charge is 2.12. The smallest absolute Gasteiger partial charge is 0.148 e. The van der Waals surface area contributed by atoms with E-state index in [-0.39, 0.29) is 0 Å². The highest BCUT2D eigenvalue weighted by Crippen LogP contribution is 2.20. The summed E-state index contributed by atoms with van der Waals surface area (Å²) in [5.41, 5.74) is 4.64. The molecule has 1 aliphatic rings. The van der Waals surface area contributed by atoms with E-state index in [2.05, 4.69) is 52.9 Å². The van der Waals surface area contributed by atoms with Crippen molar-refractivity contribution in [2.75, 3.05) is 25.0 Å². The molecule has 2 aromatic rings. The minimum atomic E-state index is 0.738. The van der Waals surface area contributed by atoms with Crippen LogP contribution in [0.2, 0.25) is 0 Å². The van der Waals surface area contributed by atoms with Crippen LogP contribution < -0.4 is 10.6 Å². The number of benzene rings is 1. The van der Waals surface area contributed by atoms with Crippen molar-refractivity contribution in [3.8, 4) is 11.3 Å². The molecule has 0 saturated carbocycles. The van der Waals surface area contributed by atoms with Crippen LogP contribution in [0.5, 0.6) is 0 Å². The minimum absolute atomic E-state index is 0.738. The molecule has 0 spiro atoms. The van der Waals surface area contributed by atoms with Gasteiger partial charge in [0.15, 0.2) is 0 Å². The molecule has 1 aliphatic heterocycles. The fraction of sp³-hybridized carbons (Fsp3) is 0.444. The van der Waals surface area contributed by atoms with Crippen molar-refractivity contribution < 1.29 is 0 Å². The first-order chi connectivity index (χ1) is 10.7. The Hall–Kier alpha value is -1.94. The fourth-order valence-electron chi connectivity index (χ4n) is 2.82. The normalized spacial score (nSPS) is 15.7. The SMILES string of the molecule is Cc1ccc(-c2ccc(NCC3CCNCC3)nn2)cc1C. The zero-order valence-corrected chi connectivity index (χ0v) is 13.4. The maximum Gasteiger partial charge on any atom is 0.148 e. The van der Waals surface area contributed by atoms with Gasteiger partial charge in [-0.25, -0.2) is 0 Å². The second kappa shape index (κ2) is 6.88. The van der Waals surface area contributed by atoms with Crippen LogP contribution in [-0.4, -0.2) is 29.8 Å². The summed E-state index contributed by atoms with van der Waals surface area (Å²) in [6.45, 7) is 7.49. The summed E-state index contributed by atoms with van der Waals surface area (Å²) in [6, 6.07) is 10.5. The molecule has 116 valence electrons. The van der Waals surface area contributed by atoms with Crippen molar-refractivity contribution in [2.24, 2.45) is 5.92 Å². The van der Waals surface area contributed by atoms with Crippen molar-refractivity contribution in [1.82, 2.24) is 15.5 Å². The lowest BCUT2D eigenvalue weighted by Gasteiger charge is -2.22. The van der Waals surface area contributed by atoms with Gasteiger partial charge in [0.25, 0.3) is 0 Å². The summed E-state index contributed by atoms with van der Waals surface area (Å²) >= 11 is 0. The van der Waals surface area contributed by atoms with Gasteiger partial charge in [-0.15, -0.1) is 10.2 Å². The van der Waals surface area contributed by atoms with E-state index in [1.165, 1.54) is 24.0 Å². The molecule has 0 radical (unpaired) electrons. The van der Waals surface area contributed by atoms with Gasteiger partial charge in [-0.1, -0.05) is 12.1 Å². The van der Waals surface area contributed by atoms with Crippen LogP contribution in [-0.2, 0) is 0 Å². The summed E-state index contributed by atoms with van der Waals surface area (Å²) in [7, 11) is 0. The van der Waals surface area contributed by atoms with Gasteiger partial charge < -0.3 is 10.6 Å². The number of anilines is 1. The molecule has 22 heavy (non-hydrogen) atoms. The molecule has 1 fully saturated rings. The fourth-order valence-corrected chi connectivity index (χ4v) is 2.82. The first-order valence-electron chi connectivity index (χ1n) is 8.08. The van der Waals surface area contributed by atoms with Gasteiger partial charge in [-0.3, -0.25) is 0 Å². The highest BCUT2D eigenvalue weighted by molar-refractivity contribution is 5.61. The topological polar surface area (TPSA) is 49.8 Å². The summed E-state index contributed by atoms with van der Waals surface area (Å²) in [6.07, 6.45) is 2.47. The van der Waals surface area contributed by atoms with Crippen LogP contribution in [0.3, 0.4) is 0 Å². The molecule has 1 aromatic heterocycles. The summed E-state index contributed by atoms with van der Waals surface area (Å²) < 4.78 is 0. The molecule has 1 aromatic carbocycles. The van der Waals surface area contributed by atoms with Crippen LogP contribution in [0.4, 0.5) is 5.82 Å². The lowest BCUT2D eigenvalue weighted by atomic mass is 9.98. The minimum Gasteiger partial charge on any atom is -0.368 e. The van der Waals surface area contributed by atoms with Crippen LogP contribution in [0, 0.1) is 19.8 Å². The summed E-state index contributed by atoms with van der Waals surface area (Å²) in [4.78, 5) is 0. The van der Waals surface area contributed by atoms with Crippen molar-refractivity contribution in [3.63, 3.8) is 0 Å². The molecule has 1 saturated heterocycles. The standard InChI is InChI=1S/C18H24N4/c1-13-3-4-16(11-14(13)2)17-5-6-18(22-21-17)20-12-15-7-9-19-10-8-15/h3-6,11,15,19H,7-10,12H2,1-2H3,(H,20,22). The molecule has 0 atom stereocenters. The molecule has 0 unspecified atom stereocenters. The van der Waals surface area contributed by atoms with Crippen LogP contribution in [0.25, 0.3) is 11.3 Å². The zero-order valence-electron chi connectivity index (χ0n) is 13.4. The van der Waals surface area contributed by atoms with Crippen molar-refractivity contribution >= 4 is 5.82 Å². The molecule has 4 nitrogen and oxygen atoms in total. The third-order valence-electron chi connectivity index (χ3n) is 4.50. The van der Waals surface area contributed by atoms with Gasteiger partial charge in [0.05, 0.1) is 5.69 Å². The maximum absolute atomic E-state index is 4.36. The van der Waals surface area contributed by atoms with Gasteiger partial charge in [-0.2, -0.15) is 0 Å². The van der Waals surface area contributed by atoms with Gasteiger partial charge in [-0.05, 0) is 75.0 Å². The number of aromatic nitrogens is 2. The second-order valence-corrected chi connectivity index (χ2v) is 6.18. The average molecular weight is 296 g/mol. The summed E-state index contributed by atoms with van der Waals surface area (Å²) in [5, 5.41) is 15.5. The van der Waals surface area contributed by atoms with E-state index in [4.69, 9.17) is 0 Å². The molecular formula is C18H24N4. The average Bonchev–Trinajstić information content (AvgIpc) is 2.57. The lowest BCUT2D eigenvalue weighted by molar-refractivity contribution is 0.389. The Bertz CT molecular complexity index is 615. The number of rotatable bonds is 4. The Labute approximate surface area is 132 Å². The first-order valence-corrected chi connectivity index (χ1v) is 8.08. The summed E-state index contributed by atoms with van der Waals surface area (Å²) in [5.74, 6) is 1.61. The van der Waals surface area contributed by atoms with Gasteiger partial charge in [0, 0.05) is 12.1 Å². The number of hydrogen-bond donors (Lipinski definition) is 2. The van der Waals surface area contributed by atoms with Gasteiger partial charge >= 0.3 is 0 Å². The number of nitrogens with one attached hydrogen (secondary N) is 2. The molecule has 4 heteroatoms. The zero-order chi connectivity index (χ0) is 15.4. The van der Waals surface area contributed by atoms with Crippen molar-refractivity contribution in [2.45, 2.75) is 26.7 Å². The Morgan fingerprint density at radius 3 is 2.55 bits per heavy atom. The number of aryl methyl sites for hydroxylation is 2. The number of piperidine rings is 1. The van der Waals surface area contributed by atoms with Crippen LogP contribution in [0.15, 0.2) is 30.3 Å². The quantitative estimate of drug-likeness (QED) is 0.910. The predicted molar refractivity (Wildman–Crippen MR) is 91.0 cm³/mol. The van der Waals surface area contributed by atoms with E-state index in [9.17, 15) is 0 Å². The van der Waals surface area contributed by atoms with Crippen LogP contribution in [0.1, 0.15) is 24.0 Å². The maximum atomic E-state index is 4.36. The van der Waals surface area contributed by atoms with E-state index >= 15 is 0 Å². The molecule has 0 amide bonds. The molecule has 2 heterocycles. The predicted octanol–water partition coefficient (Wildman–Crippen LogP) is 3.17. The number of nitrogens with zero attached hydrogens (tertiary/aromatic N) is 2. The van der Waals surface area contributed by atoms with Crippen LogP contribution >= 0.6 is 0 Å². The Kier molecular flexibility index (Phi) is 4.68. The van der Waals surface area contributed by atoms with E-state index < -0.39 is 0 Å². The van der Waals surface area contributed by atoms with Gasteiger partial charge in [0.1, 0.15) is 5.82 Å². The van der Waals surface area contributed by atoms with E-state index in [1.54, 1.807) is 0 Å². The second-order valence-electron chi connectivity index (χ2n) is 6.18. The van der Waals surface area contributed by atoms with Gasteiger partial charge in [0.2, 0.25) is 0 Å². The Morgan fingerprint density at radius 1 is 1.05 bits per heavy atom. The Morgan fingerprint density at radius 2 is 1.86 bits per heavy atom.